The topological polar surface area (TPSA) is 62.3 Å². The van der Waals surface area contributed by atoms with Crippen LogP contribution in [0.2, 0.25) is 0 Å². The van der Waals surface area contributed by atoms with Gasteiger partial charge in [0.2, 0.25) is 5.91 Å². The molecule has 2 fully saturated rings. The van der Waals surface area contributed by atoms with Gasteiger partial charge in [0.15, 0.2) is 0 Å². The Labute approximate surface area is 166 Å². The minimum absolute atomic E-state index is 0.0370. The van der Waals surface area contributed by atoms with Gasteiger partial charge in [-0.3, -0.25) is 14.6 Å². The number of hydrogen-bond acceptors (Lipinski definition) is 3. The third kappa shape index (κ3) is 3.79. The first-order chi connectivity index (χ1) is 13.7. The van der Waals surface area contributed by atoms with Gasteiger partial charge in [0.05, 0.1) is 5.92 Å². The molecule has 1 saturated carbocycles. The van der Waals surface area contributed by atoms with Crippen molar-refractivity contribution in [3.63, 3.8) is 0 Å². The second-order valence-electron chi connectivity index (χ2n) is 8.10. The molecule has 0 bridgehead atoms. The van der Waals surface area contributed by atoms with Gasteiger partial charge in [-0.15, -0.1) is 0 Å². The molecule has 1 aromatic heterocycles. The number of hydrogen-bond donors (Lipinski definition) is 1. The van der Waals surface area contributed by atoms with Crippen LogP contribution in [-0.2, 0) is 11.3 Å². The van der Waals surface area contributed by atoms with E-state index in [1.54, 1.807) is 12.4 Å². The van der Waals surface area contributed by atoms with Gasteiger partial charge in [-0.2, -0.15) is 0 Å². The first-order valence-electron chi connectivity index (χ1n) is 10.2. The van der Waals surface area contributed by atoms with Gasteiger partial charge in [-0.25, -0.2) is 0 Å². The minimum Gasteiger partial charge on any atom is -0.352 e. The van der Waals surface area contributed by atoms with Crippen LogP contribution in [0.15, 0.2) is 54.9 Å². The lowest BCUT2D eigenvalue weighted by Crippen LogP contribution is -2.42. The van der Waals surface area contributed by atoms with E-state index >= 15 is 0 Å². The molecule has 146 valence electrons. The fraction of sp³-hybridized carbons (Fsp3) is 0.435. The average Bonchev–Trinajstić information content (AvgIpc) is 3.12. The Hall–Kier alpha value is -2.69. The molecule has 5 heteroatoms. The fourth-order valence-electron chi connectivity index (χ4n) is 4.82. The van der Waals surface area contributed by atoms with Crippen LogP contribution in [0, 0.1) is 11.3 Å². The van der Waals surface area contributed by atoms with Crippen molar-refractivity contribution in [3.8, 4) is 0 Å². The normalized spacial score (nSPS) is 20.9. The molecule has 2 aromatic rings. The molecule has 0 radical (unpaired) electrons. The third-order valence-electron chi connectivity index (χ3n) is 6.34. The number of nitrogens with zero attached hydrogens (tertiary/aromatic N) is 2. The Morgan fingerprint density at radius 2 is 1.75 bits per heavy atom. The summed E-state index contributed by atoms with van der Waals surface area (Å²) in [4.78, 5) is 32.1. The SMILES string of the molecule is O=C(NCc1ccncc1)C1CN(C(=O)c2ccccc2)CC12CCCCC2. The highest BCUT2D eigenvalue weighted by atomic mass is 16.2. The lowest BCUT2D eigenvalue weighted by molar-refractivity contribution is -0.128. The number of pyridine rings is 1. The number of aromatic nitrogens is 1. The first-order valence-corrected chi connectivity index (χ1v) is 10.2. The number of carbonyl (C=O) groups excluding carboxylic acids is 2. The molecule has 1 N–H and O–H groups in total. The summed E-state index contributed by atoms with van der Waals surface area (Å²) >= 11 is 0. The summed E-state index contributed by atoms with van der Waals surface area (Å²) in [5.74, 6) is -0.0284. The zero-order chi connectivity index (χ0) is 19.4. The largest absolute Gasteiger partial charge is 0.352 e. The van der Waals surface area contributed by atoms with E-state index < -0.39 is 0 Å². The second kappa shape index (κ2) is 8.13. The Bertz CT molecular complexity index is 816. The maximum atomic E-state index is 13.1. The molecule has 1 aromatic carbocycles. The molecule has 1 unspecified atom stereocenters. The molecule has 5 nitrogen and oxygen atoms in total. The summed E-state index contributed by atoms with van der Waals surface area (Å²) in [5.41, 5.74) is 1.66. The summed E-state index contributed by atoms with van der Waals surface area (Å²) in [7, 11) is 0. The molecule has 2 heterocycles. The molecule has 4 rings (SSSR count). The Morgan fingerprint density at radius 3 is 2.46 bits per heavy atom. The van der Waals surface area contributed by atoms with Gasteiger partial charge in [-0.05, 0) is 42.7 Å². The van der Waals surface area contributed by atoms with Crippen LogP contribution in [0.5, 0.6) is 0 Å². The minimum atomic E-state index is -0.137. The lowest BCUT2D eigenvalue weighted by Gasteiger charge is -2.37. The Morgan fingerprint density at radius 1 is 1.04 bits per heavy atom. The molecular weight excluding hydrogens is 350 g/mol. The molecule has 2 amide bonds. The van der Waals surface area contributed by atoms with E-state index in [2.05, 4.69) is 10.3 Å². The van der Waals surface area contributed by atoms with E-state index in [1.165, 1.54) is 6.42 Å². The molecule has 2 aliphatic rings. The maximum Gasteiger partial charge on any atom is 0.253 e. The Kier molecular flexibility index (Phi) is 5.42. The highest BCUT2D eigenvalue weighted by Crippen LogP contribution is 2.48. The quantitative estimate of drug-likeness (QED) is 0.888. The van der Waals surface area contributed by atoms with E-state index in [9.17, 15) is 9.59 Å². The van der Waals surface area contributed by atoms with E-state index in [0.29, 0.717) is 25.2 Å². The summed E-state index contributed by atoms with van der Waals surface area (Å²) < 4.78 is 0. The molecule has 1 aliphatic carbocycles. The monoisotopic (exact) mass is 377 g/mol. The van der Waals surface area contributed by atoms with Crippen LogP contribution in [0.3, 0.4) is 0 Å². The van der Waals surface area contributed by atoms with Crippen LogP contribution < -0.4 is 5.32 Å². The van der Waals surface area contributed by atoms with Crippen LogP contribution in [0.25, 0.3) is 0 Å². The molecular formula is C23H27N3O2. The number of carbonyl (C=O) groups is 2. The summed E-state index contributed by atoms with van der Waals surface area (Å²) in [6, 6.07) is 13.2. The van der Waals surface area contributed by atoms with E-state index in [4.69, 9.17) is 0 Å². The highest BCUT2D eigenvalue weighted by Gasteiger charge is 2.51. The second-order valence-corrected chi connectivity index (χ2v) is 8.10. The van der Waals surface area contributed by atoms with E-state index in [-0.39, 0.29) is 23.1 Å². The third-order valence-corrected chi connectivity index (χ3v) is 6.34. The van der Waals surface area contributed by atoms with Gasteiger partial charge >= 0.3 is 0 Å². The van der Waals surface area contributed by atoms with Crippen LogP contribution >= 0.6 is 0 Å². The molecule has 1 saturated heterocycles. The molecule has 1 atom stereocenters. The predicted octanol–water partition coefficient (Wildman–Crippen LogP) is 3.42. The number of benzene rings is 1. The zero-order valence-corrected chi connectivity index (χ0v) is 16.1. The van der Waals surface area contributed by atoms with Crippen LogP contribution in [0.1, 0.15) is 48.0 Å². The fourth-order valence-corrected chi connectivity index (χ4v) is 4.82. The summed E-state index contributed by atoms with van der Waals surface area (Å²) in [6.07, 6.45) is 9.03. The predicted molar refractivity (Wildman–Crippen MR) is 107 cm³/mol. The van der Waals surface area contributed by atoms with Crippen molar-refractivity contribution >= 4 is 11.8 Å². The van der Waals surface area contributed by atoms with Crippen molar-refractivity contribution in [2.45, 2.75) is 38.6 Å². The van der Waals surface area contributed by atoms with Gasteiger partial charge in [0, 0.05) is 43.0 Å². The van der Waals surface area contributed by atoms with Crippen molar-refractivity contribution in [2.75, 3.05) is 13.1 Å². The summed E-state index contributed by atoms with van der Waals surface area (Å²) in [6.45, 7) is 1.70. The van der Waals surface area contributed by atoms with Gasteiger partial charge in [-0.1, -0.05) is 37.5 Å². The lowest BCUT2D eigenvalue weighted by atomic mass is 9.67. The van der Waals surface area contributed by atoms with Crippen molar-refractivity contribution in [1.29, 1.82) is 0 Å². The maximum absolute atomic E-state index is 13.1. The van der Waals surface area contributed by atoms with Crippen molar-refractivity contribution in [1.82, 2.24) is 15.2 Å². The molecule has 28 heavy (non-hydrogen) atoms. The number of amides is 2. The van der Waals surface area contributed by atoms with Crippen molar-refractivity contribution in [2.24, 2.45) is 11.3 Å². The van der Waals surface area contributed by atoms with E-state index in [0.717, 1.165) is 31.2 Å². The van der Waals surface area contributed by atoms with E-state index in [1.807, 2.05) is 47.4 Å². The van der Waals surface area contributed by atoms with Crippen molar-refractivity contribution < 1.29 is 9.59 Å². The van der Waals surface area contributed by atoms with Gasteiger partial charge in [0.1, 0.15) is 0 Å². The zero-order valence-electron chi connectivity index (χ0n) is 16.1. The Balaban J connectivity index is 1.50. The standard InChI is InChI=1S/C23H27N3O2/c27-21(25-15-18-9-13-24-14-10-18)20-16-26(17-23(20)11-5-2-6-12-23)22(28)19-7-3-1-4-8-19/h1,3-4,7-10,13-14,20H,2,5-6,11-12,15-17H2,(H,25,27). The van der Waals surface area contributed by atoms with Crippen LogP contribution in [-0.4, -0.2) is 34.8 Å². The van der Waals surface area contributed by atoms with Gasteiger partial charge in [0.25, 0.3) is 5.91 Å². The van der Waals surface area contributed by atoms with Crippen LogP contribution in [0.4, 0.5) is 0 Å². The smallest absolute Gasteiger partial charge is 0.253 e. The number of nitrogens with one attached hydrogen (secondary N) is 1. The van der Waals surface area contributed by atoms with Gasteiger partial charge < -0.3 is 10.2 Å². The molecule has 1 aliphatic heterocycles. The average molecular weight is 377 g/mol. The number of likely N-dealkylation sites (tertiary alicyclic amines) is 1. The molecule has 1 spiro atoms. The highest BCUT2D eigenvalue weighted by molar-refractivity contribution is 5.95. The summed E-state index contributed by atoms with van der Waals surface area (Å²) in [5, 5.41) is 3.11. The number of rotatable bonds is 4. The van der Waals surface area contributed by atoms with Crippen molar-refractivity contribution in [3.05, 3.63) is 66.0 Å². The first kappa shape index (κ1) is 18.7.